The third-order valence-corrected chi connectivity index (χ3v) is 3.24. The number of carbonyl (C=O) groups excluding carboxylic acids is 1. The average Bonchev–Trinajstić information content (AvgIpc) is 2.41. The van der Waals surface area contributed by atoms with E-state index < -0.39 is 0 Å². The van der Waals surface area contributed by atoms with Gasteiger partial charge >= 0.3 is 5.91 Å². The van der Waals surface area contributed by atoms with Gasteiger partial charge in [-0.3, -0.25) is 4.79 Å². The molecule has 1 aliphatic heterocycles. The van der Waals surface area contributed by atoms with E-state index in [9.17, 15) is 4.79 Å². The van der Waals surface area contributed by atoms with E-state index in [4.69, 9.17) is 6.57 Å². The van der Waals surface area contributed by atoms with Gasteiger partial charge in [-0.25, -0.2) is 6.57 Å². The average molecular weight is 258 g/mol. The molecule has 0 spiro atoms. The number of hydrogen-bond acceptors (Lipinski definition) is 3. The van der Waals surface area contributed by atoms with Crippen LogP contribution in [-0.4, -0.2) is 50.6 Å². The molecule has 1 amide bonds. The predicted molar refractivity (Wildman–Crippen MR) is 76.3 cm³/mol. The number of likely N-dealkylation sites (N-methyl/N-ethyl adjacent to an activating group) is 1. The Balaban J connectivity index is 1.95. The van der Waals surface area contributed by atoms with Gasteiger partial charge < -0.3 is 20.0 Å². The molecule has 0 aliphatic carbocycles. The summed E-state index contributed by atoms with van der Waals surface area (Å²) in [5.41, 5.74) is 1.92. The summed E-state index contributed by atoms with van der Waals surface area (Å²) >= 11 is 0. The molecule has 1 heterocycles. The number of hydrogen-bond donors (Lipinski definition) is 1. The molecule has 5 heteroatoms. The first-order valence-electron chi connectivity index (χ1n) is 6.35. The zero-order chi connectivity index (χ0) is 13.7. The lowest BCUT2D eigenvalue weighted by molar-refractivity contribution is -0.114. The summed E-state index contributed by atoms with van der Waals surface area (Å²) in [4.78, 5) is 19.0. The normalized spacial score (nSPS) is 15.9. The highest BCUT2D eigenvalue weighted by atomic mass is 16.1. The first-order chi connectivity index (χ1) is 9.19. The van der Waals surface area contributed by atoms with Gasteiger partial charge in [0, 0.05) is 37.6 Å². The van der Waals surface area contributed by atoms with Gasteiger partial charge in [-0.05, 0) is 31.3 Å². The molecule has 5 nitrogen and oxygen atoms in total. The second kappa shape index (κ2) is 6.21. The van der Waals surface area contributed by atoms with Crippen molar-refractivity contribution in [1.29, 1.82) is 0 Å². The van der Waals surface area contributed by atoms with Crippen molar-refractivity contribution in [2.45, 2.75) is 0 Å². The Bertz CT molecular complexity index is 469. The highest BCUT2D eigenvalue weighted by Gasteiger charge is 2.14. The number of piperazine rings is 1. The van der Waals surface area contributed by atoms with Crippen LogP contribution in [0.3, 0.4) is 0 Å². The van der Waals surface area contributed by atoms with Gasteiger partial charge in [0.1, 0.15) is 0 Å². The van der Waals surface area contributed by atoms with Crippen LogP contribution in [-0.2, 0) is 4.79 Å². The van der Waals surface area contributed by atoms with Crippen molar-refractivity contribution in [2.75, 3.05) is 50.0 Å². The van der Waals surface area contributed by atoms with E-state index in [2.05, 4.69) is 27.0 Å². The van der Waals surface area contributed by atoms with E-state index in [0.717, 1.165) is 31.9 Å². The van der Waals surface area contributed by atoms with Gasteiger partial charge in [0.15, 0.2) is 0 Å². The van der Waals surface area contributed by atoms with Crippen LogP contribution in [0, 0.1) is 6.57 Å². The van der Waals surface area contributed by atoms with E-state index >= 15 is 0 Å². The fourth-order valence-corrected chi connectivity index (χ4v) is 2.09. The van der Waals surface area contributed by atoms with Crippen molar-refractivity contribution in [3.8, 4) is 0 Å². The molecule has 19 heavy (non-hydrogen) atoms. The van der Waals surface area contributed by atoms with Crippen LogP contribution < -0.4 is 10.2 Å². The summed E-state index contributed by atoms with van der Waals surface area (Å²) in [6, 6.07) is 7.79. The first kappa shape index (κ1) is 13.4. The van der Waals surface area contributed by atoms with Crippen LogP contribution in [0.15, 0.2) is 24.3 Å². The molecule has 2 rings (SSSR count). The maximum absolute atomic E-state index is 11.3. The van der Waals surface area contributed by atoms with Gasteiger partial charge in [-0.2, -0.15) is 0 Å². The molecule has 0 radical (unpaired) electrons. The Kier molecular flexibility index (Phi) is 4.37. The predicted octanol–water partition coefficient (Wildman–Crippen LogP) is 1.30. The molecule has 1 fully saturated rings. The van der Waals surface area contributed by atoms with E-state index in [-0.39, 0.29) is 12.5 Å². The number of benzene rings is 1. The first-order valence-corrected chi connectivity index (χ1v) is 6.35. The Morgan fingerprint density at radius 2 is 1.89 bits per heavy atom. The molecule has 100 valence electrons. The second-order valence-corrected chi connectivity index (χ2v) is 4.70. The maximum atomic E-state index is 11.3. The van der Waals surface area contributed by atoms with Gasteiger partial charge in [0.25, 0.3) is 6.54 Å². The highest BCUT2D eigenvalue weighted by Crippen LogP contribution is 2.19. The van der Waals surface area contributed by atoms with E-state index in [1.807, 2.05) is 24.3 Å². The SMILES string of the molecule is [C-]#[N+]CC(=O)Nc1ccc(N2CCN(C)CC2)cc1. The quantitative estimate of drug-likeness (QED) is 0.831. The van der Waals surface area contributed by atoms with Gasteiger partial charge in [-0.15, -0.1) is 0 Å². The smallest absolute Gasteiger partial charge is 0.304 e. The number of nitrogens with zero attached hydrogens (tertiary/aromatic N) is 3. The van der Waals surface area contributed by atoms with Crippen molar-refractivity contribution in [3.05, 3.63) is 35.7 Å². The van der Waals surface area contributed by atoms with E-state index in [1.165, 1.54) is 5.69 Å². The van der Waals surface area contributed by atoms with Crippen LogP contribution in [0.25, 0.3) is 4.85 Å². The summed E-state index contributed by atoms with van der Waals surface area (Å²) < 4.78 is 0. The van der Waals surface area contributed by atoms with E-state index in [1.54, 1.807) is 0 Å². The number of anilines is 2. The fraction of sp³-hybridized carbons (Fsp3) is 0.429. The van der Waals surface area contributed by atoms with Crippen molar-refractivity contribution in [2.24, 2.45) is 0 Å². The molecule has 0 atom stereocenters. The number of rotatable bonds is 3. The largest absolute Gasteiger partial charge is 0.369 e. The van der Waals surface area contributed by atoms with Crippen molar-refractivity contribution >= 4 is 17.3 Å². The Hall–Kier alpha value is -2.06. The Morgan fingerprint density at radius 1 is 1.26 bits per heavy atom. The van der Waals surface area contributed by atoms with Crippen molar-refractivity contribution in [1.82, 2.24) is 4.90 Å². The van der Waals surface area contributed by atoms with Crippen LogP contribution >= 0.6 is 0 Å². The fourth-order valence-electron chi connectivity index (χ4n) is 2.09. The third kappa shape index (κ3) is 3.70. The lowest BCUT2D eigenvalue weighted by Crippen LogP contribution is -2.44. The van der Waals surface area contributed by atoms with Gasteiger partial charge in [0.05, 0.1) is 0 Å². The molecular weight excluding hydrogens is 240 g/mol. The standard InChI is InChI=1S/C14H18N4O/c1-15-11-14(19)16-12-3-5-13(6-4-12)18-9-7-17(2)8-10-18/h3-6H,7-11H2,2H3,(H,16,19). The highest BCUT2D eigenvalue weighted by molar-refractivity contribution is 5.93. The molecule has 1 aromatic carbocycles. The Labute approximate surface area is 113 Å². The number of amides is 1. The monoisotopic (exact) mass is 258 g/mol. The summed E-state index contributed by atoms with van der Waals surface area (Å²) in [6.45, 7) is 10.7. The Morgan fingerprint density at radius 3 is 2.47 bits per heavy atom. The minimum atomic E-state index is -0.262. The van der Waals surface area contributed by atoms with Crippen LogP contribution in [0.5, 0.6) is 0 Å². The lowest BCUT2D eigenvalue weighted by Gasteiger charge is -2.34. The second-order valence-electron chi connectivity index (χ2n) is 4.70. The summed E-state index contributed by atoms with van der Waals surface area (Å²) in [5.74, 6) is -0.262. The van der Waals surface area contributed by atoms with Gasteiger partial charge in [0.2, 0.25) is 0 Å². The molecule has 1 aliphatic rings. The zero-order valence-electron chi connectivity index (χ0n) is 11.1. The molecule has 1 aromatic rings. The van der Waals surface area contributed by atoms with Crippen LogP contribution in [0.1, 0.15) is 0 Å². The van der Waals surface area contributed by atoms with E-state index in [0.29, 0.717) is 0 Å². The number of nitrogens with one attached hydrogen (secondary N) is 1. The molecule has 0 aromatic heterocycles. The molecule has 1 N–H and O–H groups in total. The lowest BCUT2D eigenvalue weighted by atomic mass is 10.2. The summed E-state index contributed by atoms with van der Waals surface area (Å²) in [7, 11) is 2.13. The molecule has 0 saturated carbocycles. The number of carbonyl (C=O) groups is 1. The third-order valence-electron chi connectivity index (χ3n) is 3.24. The summed E-state index contributed by atoms with van der Waals surface area (Å²) in [5, 5.41) is 2.70. The zero-order valence-corrected chi connectivity index (χ0v) is 11.1. The van der Waals surface area contributed by atoms with Crippen LogP contribution in [0.2, 0.25) is 0 Å². The van der Waals surface area contributed by atoms with Crippen LogP contribution in [0.4, 0.5) is 11.4 Å². The van der Waals surface area contributed by atoms with Gasteiger partial charge in [-0.1, -0.05) is 0 Å². The van der Waals surface area contributed by atoms with Crippen molar-refractivity contribution < 1.29 is 4.79 Å². The minimum absolute atomic E-state index is 0.125. The van der Waals surface area contributed by atoms with Crippen molar-refractivity contribution in [3.63, 3.8) is 0 Å². The topological polar surface area (TPSA) is 39.9 Å². The molecule has 0 unspecified atom stereocenters. The summed E-state index contributed by atoms with van der Waals surface area (Å²) in [6.07, 6.45) is 0. The maximum Gasteiger partial charge on any atom is 0.304 e. The minimum Gasteiger partial charge on any atom is -0.369 e. The molecule has 0 bridgehead atoms. The molecule has 1 saturated heterocycles. The molecular formula is C14H18N4O.